The SMILES string of the molecule is O=C(O)Cc1ccc(-c2ccc3c(cnn3C3CCCCO3)c2)cc1. The Labute approximate surface area is 145 Å². The van der Waals surface area contributed by atoms with Crippen LogP contribution in [0.1, 0.15) is 31.1 Å². The van der Waals surface area contributed by atoms with Crippen molar-refractivity contribution in [2.45, 2.75) is 31.9 Å². The number of aliphatic carboxylic acids is 1. The van der Waals surface area contributed by atoms with Crippen molar-refractivity contribution in [1.29, 1.82) is 0 Å². The van der Waals surface area contributed by atoms with Crippen LogP contribution in [0.15, 0.2) is 48.7 Å². The van der Waals surface area contributed by atoms with Crippen LogP contribution in [0, 0.1) is 0 Å². The average molecular weight is 336 g/mol. The number of fused-ring (bicyclic) bond motifs is 1. The third-order valence-corrected chi connectivity index (χ3v) is 4.67. The fourth-order valence-electron chi connectivity index (χ4n) is 3.37. The third-order valence-electron chi connectivity index (χ3n) is 4.67. The average Bonchev–Trinajstić information content (AvgIpc) is 3.06. The molecule has 4 rings (SSSR count). The van der Waals surface area contributed by atoms with E-state index < -0.39 is 5.97 Å². The second-order valence-electron chi connectivity index (χ2n) is 6.45. The number of hydrogen-bond acceptors (Lipinski definition) is 3. The van der Waals surface area contributed by atoms with Gasteiger partial charge in [-0.25, -0.2) is 4.68 Å². The summed E-state index contributed by atoms with van der Waals surface area (Å²) >= 11 is 0. The van der Waals surface area contributed by atoms with Gasteiger partial charge in [0.05, 0.1) is 18.1 Å². The second kappa shape index (κ2) is 6.69. The summed E-state index contributed by atoms with van der Waals surface area (Å²) in [5.41, 5.74) is 4.05. The molecule has 0 spiro atoms. The van der Waals surface area contributed by atoms with E-state index in [9.17, 15) is 4.79 Å². The van der Waals surface area contributed by atoms with E-state index in [0.29, 0.717) is 0 Å². The molecule has 128 valence electrons. The highest BCUT2D eigenvalue weighted by atomic mass is 16.5. The molecule has 1 aromatic heterocycles. The van der Waals surface area contributed by atoms with Crippen LogP contribution < -0.4 is 0 Å². The molecule has 1 N–H and O–H groups in total. The Kier molecular flexibility index (Phi) is 4.24. The quantitative estimate of drug-likeness (QED) is 0.781. The normalized spacial score (nSPS) is 17.7. The van der Waals surface area contributed by atoms with Crippen LogP contribution in [0.25, 0.3) is 22.0 Å². The standard InChI is InChI=1S/C20H20N2O3/c23-20(24)11-14-4-6-15(7-5-14)16-8-9-18-17(12-16)13-21-22(18)19-3-1-2-10-25-19/h4-9,12-13,19H,1-3,10-11H2,(H,23,24). The number of benzene rings is 2. The minimum absolute atomic E-state index is 0.0346. The molecule has 2 heterocycles. The van der Waals surface area contributed by atoms with Crippen molar-refractivity contribution >= 4 is 16.9 Å². The Morgan fingerprint density at radius 3 is 2.68 bits per heavy atom. The fraction of sp³-hybridized carbons (Fsp3) is 0.300. The summed E-state index contributed by atoms with van der Waals surface area (Å²) in [5, 5.41) is 14.5. The molecule has 0 saturated carbocycles. The fourth-order valence-corrected chi connectivity index (χ4v) is 3.37. The first-order valence-corrected chi connectivity index (χ1v) is 8.61. The van der Waals surface area contributed by atoms with Crippen molar-refractivity contribution in [2.24, 2.45) is 0 Å². The number of carbonyl (C=O) groups is 1. The van der Waals surface area contributed by atoms with Gasteiger partial charge in [-0.1, -0.05) is 30.3 Å². The van der Waals surface area contributed by atoms with Gasteiger partial charge in [0, 0.05) is 12.0 Å². The first kappa shape index (κ1) is 15.8. The van der Waals surface area contributed by atoms with Gasteiger partial charge in [-0.15, -0.1) is 0 Å². The Balaban J connectivity index is 1.62. The van der Waals surface area contributed by atoms with Crippen molar-refractivity contribution < 1.29 is 14.6 Å². The van der Waals surface area contributed by atoms with Crippen molar-refractivity contribution in [1.82, 2.24) is 9.78 Å². The zero-order chi connectivity index (χ0) is 17.2. The van der Waals surface area contributed by atoms with Crippen molar-refractivity contribution in [3.63, 3.8) is 0 Å². The van der Waals surface area contributed by atoms with Gasteiger partial charge in [-0.2, -0.15) is 5.10 Å². The highest BCUT2D eigenvalue weighted by Crippen LogP contribution is 2.29. The van der Waals surface area contributed by atoms with E-state index in [1.165, 1.54) is 6.42 Å². The van der Waals surface area contributed by atoms with Gasteiger partial charge >= 0.3 is 5.97 Å². The number of aromatic nitrogens is 2. The highest BCUT2D eigenvalue weighted by Gasteiger charge is 2.18. The summed E-state index contributed by atoms with van der Waals surface area (Å²) < 4.78 is 7.82. The first-order chi connectivity index (χ1) is 12.2. The number of ether oxygens (including phenoxy) is 1. The van der Waals surface area contributed by atoms with Crippen LogP contribution in [0.2, 0.25) is 0 Å². The van der Waals surface area contributed by atoms with Crippen LogP contribution in [-0.4, -0.2) is 27.5 Å². The zero-order valence-corrected chi connectivity index (χ0v) is 13.9. The van der Waals surface area contributed by atoms with Crippen LogP contribution in [0.4, 0.5) is 0 Å². The number of hydrogen-bond donors (Lipinski definition) is 1. The maximum atomic E-state index is 10.8. The van der Waals surface area contributed by atoms with Gasteiger partial charge in [-0.05, 0) is 48.1 Å². The molecule has 1 aliphatic rings. The van der Waals surface area contributed by atoms with Gasteiger partial charge in [0.1, 0.15) is 0 Å². The Morgan fingerprint density at radius 1 is 1.16 bits per heavy atom. The highest BCUT2D eigenvalue weighted by molar-refractivity contribution is 5.84. The summed E-state index contributed by atoms with van der Waals surface area (Å²) in [5.74, 6) is -0.813. The van der Waals surface area contributed by atoms with Gasteiger partial charge in [0.25, 0.3) is 0 Å². The lowest BCUT2D eigenvalue weighted by molar-refractivity contribution is -0.136. The zero-order valence-electron chi connectivity index (χ0n) is 13.9. The number of carboxylic acids is 1. The summed E-state index contributed by atoms with van der Waals surface area (Å²) in [6.07, 6.45) is 5.27. The molecular weight excluding hydrogens is 316 g/mol. The summed E-state index contributed by atoms with van der Waals surface area (Å²) in [7, 11) is 0. The Morgan fingerprint density at radius 2 is 1.96 bits per heavy atom. The monoisotopic (exact) mass is 336 g/mol. The molecule has 1 fully saturated rings. The molecule has 3 aromatic rings. The van der Waals surface area contributed by atoms with Gasteiger partial charge in [0.15, 0.2) is 6.23 Å². The minimum Gasteiger partial charge on any atom is -0.481 e. The molecule has 1 saturated heterocycles. The second-order valence-corrected chi connectivity index (χ2v) is 6.45. The van der Waals surface area contributed by atoms with E-state index in [4.69, 9.17) is 9.84 Å². The molecule has 1 unspecified atom stereocenters. The molecular formula is C20H20N2O3. The molecule has 5 heteroatoms. The van der Waals surface area contributed by atoms with E-state index >= 15 is 0 Å². The van der Waals surface area contributed by atoms with Crippen molar-refractivity contribution in [3.8, 4) is 11.1 Å². The maximum Gasteiger partial charge on any atom is 0.307 e. The molecule has 1 atom stereocenters. The number of carboxylic acid groups (broad SMARTS) is 1. The minimum atomic E-state index is -0.813. The van der Waals surface area contributed by atoms with Crippen LogP contribution in [0.3, 0.4) is 0 Å². The largest absolute Gasteiger partial charge is 0.481 e. The first-order valence-electron chi connectivity index (χ1n) is 8.61. The number of rotatable bonds is 4. The summed E-state index contributed by atoms with van der Waals surface area (Å²) in [4.78, 5) is 10.8. The molecule has 25 heavy (non-hydrogen) atoms. The van der Waals surface area contributed by atoms with Gasteiger partial charge < -0.3 is 9.84 Å². The van der Waals surface area contributed by atoms with E-state index in [2.05, 4.69) is 23.3 Å². The molecule has 0 amide bonds. The summed E-state index contributed by atoms with van der Waals surface area (Å²) in [6.45, 7) is 0.798. The van der Waals surface area contributed by atoms with Gasteiger partial charge in [-0.3, -0.25) is 4.79 Å². The maximum absolute atomic E-state index is 10.8. The molecule has 5 nitrogen and oxygen atoms in total. The number of nitrogens with zero attached hydrogens (tertiary/aromatic N) is 2. The lowest BCUT2D eigenvalue weighted by Gasteiger charge is -2.23. The molecule has 0 aliphatic carbocycles. The molecule has 2 aromatic carbocycles. The summed E-state index contributed by atoms with van der Waals surface area (Å²) in [6, 6.07) is 14.0. The molecule has 0 radical (unpaired) electrons. The van der Waals surface area contributed by atoms with E-state index in [1.807, 2.05) is 35.1 Å². The van der Waals surface area contributed by atoms with Crippen LogP contribution in [-0.2, 0) is 16.0 Å². The van der Waals surface area contributed by atoms with E-state index in [0.717, 1.165) is 47.0 Å². The smallest absolute Gasteiger partial charge is 0.307 e. The lowest BCUT2D eigenvalue weighted by Crippen LogP contribution is -2.18. The van der Waals surface area contributed by atoms with Crippen molar-refractivity contribution in [2.75, 3.05) is 6.61 Å². The topological polar surface area (TPSA) is 64.3 Å². The lowest BCUT2D eigenvalue weighted by atomic mass is 10.0. The Bertz CT molecular complexity index is 893. The third kappa shape index (κ3) is 3.28. The van der Waals surface area contributed by atoms with Crippen molar-refractivity contribution in [3.05, 3.63) is 54.2 Å². The van der Waals surface area contributed by atoms with E-state index in [-0.39, 0.29) is 12.6 Å². The molecule has 0 bridgehead atoms. The predicted octanol–water partition coefficient (Wildman–Crippen LogP) is 4.03. The predicted molar refractivity (Wildman–Crippen MR) is 95.3 cm³/mol. The van der Waals surface area contributed by atoms with Crippen LogP contribution in [0.5, 0.6) is 0 Å². The Hall–Kier alpha value is -2.66. The van der Waals surface area contributed by atoms with Gasteiger partial charge in [0.2, 0.25) is 0 Å². The van der Waals surface area contributed by atoms with E-state index in [1.54, 1.807) is 0 Å². The molecule has 1 aliphatic heterocycles. The van der Waals surface area contributed by atoms with Crippen LogP contribution >= 0.6 is 0 Å².